The second-order valence-corrected chi connectivity index (χ2v) is 10.1. The molecule has 4 rings (SSSR count). The minimum absolute atomic E-state index is 0.0658. The van der Waals surface area contributed by atoms with Crippen molar-refractivity contribution >= 4 is 40.9 Å². The number of likely N-dealkylation sites (tertiary alicyclic amines) is 1. The first kappa shape index (κ1) is 25.0. The van der Waals surface area contributed by atoms with Gasteiger partial charge >= 0.3 is 0 Å². The number of piperidine rings is 1. The fraction of sp³-hybridized carbons (Fsp3) is 0.375. The Morgan fingerprint density at radius 3 is 2.85 bits per heavy atom. The number of halogens is 3. The van der Waals surface area contributed by atoms with E-state index in [2.05, 4.69) is 20.4 Å². The molecule has 2 aromatic carbocycles. The Balaban J connectivity index is 1.19. The normalized spacial score (nSPS) is 16.5. The molecule has 1 atom stereocenters. The summed E-state index contributed by atoms with van der Waals surface area (Å²) in [4.78, 5) is 19.3. The molecule has 180 valence electrons. The highest BCUT2D eigenvalue weighted by molar-refractivity contribution is 7.98. The third kappa shape index (κ3) is 6.95. The first-order chi connectivity index (χ1) is 16.5. The second-order valence-electron chi connectivity index (χ2n) is 8.17. The standard InChI is InChI=1S/C24H25Cl2FN4O2S/c25-19-6-3-18(21(26)12-19)15-34-11-9-28-24(32)17-2-1-10-31(13-17)14-22-29-23(30-33-22)16-4-7-20(27)8-5-16/h3-8,12,17H,1-2,9-11,13-15H2,(H,28,32). The van der Waals surface area contributed by atoms with Gasteiger partial charge in [-0.05, 0) is 61.3 Å². The van der Waals surface area contributed by atoms with E-state index in [4.69, 9.17) is 27.7 Å². The van der Waals surface area contributed by atoms with Crippen LogP contribution in [0.1, 0.15) is 24.3 Å². The highest BCUT2D eigenvalue weighted by Gasteiger charge is 2.26. The molecule has 1 unspecified atom stereocenters. The van der Waals surface area contributed by atoms with Crippen molar-refractivity contribution < 1.29 is 13.7 Å². The lowest BCUT2D eigenvalue weighted by atomic mass is 9.97. The van der Waals surface area contributed by atoms with E-state index in [0.717, 1.165) is 36.5 Å². The summed E-state index contributed by atoms with van der Waals surface area (Å²) in [7, 11) is 0. The van der Waals surface area contributed by atoms with E-state index in [1.165, 1.54) is 12.1 Å². The molecule has 0 radical (unpaired) electrons. The number of amides is 1. The van der Waals surface area contributed by atoms with Crippen molar-refractivity contribution in [3.8, 4) is 11.4 Å². The molecule has 2 heterocycles. The quantitative estimate of drug-likeness (QED) is 0.377. The first-order valence-corrected chi connectivity index (χ1v) is 13.0. The molecule has 0 aliphatic carbocycles. The smallest absolute Gasteiger partial charge is 0.241 e. The summed E-state index contributed by atoms with van der Waals surface area (Å²) in [5.74, 6) is 2.19. The van der Waals surface area contributed by atoms with E-state index in [1.54, 1.807) is 30.0 Å². The lowest BCUT2D eigenvalue weighted by Gasteiger charge is -2.30. The maximum Gasteiger partial charge on any atom is 0.241 e. The number of carbonyl (C=O) groups is 1. The number of aromatic nitrogens is 2. The summed E-state index contributed by atoms with van der Waals surface area (Å²) >= 11 is 13.9. The maximum atomic E-state index is 13.1. The zero-order chi connectivity index (χ0) is 23.9. The lowest BCUT2D eigenvalue weighted by molar-refractivity contribution is -0.126. The minimum atomic E-state index is -0.311. The number of nitrogens with zero attached hydrogens (tertiary/aromatic N) is 3. The van der Waals surface area contributed by atoms with Crippen LogP contribution in [-0.4, -0.2) is 46.3 Å². The Morgan fingerprint density at radius 2 is 2.06 bits per heavy atom. The molecular weight excluding hydrogens is 498 g/mol. The van der Waals surface area contributed by atoms with Gasteiger partial charge < -0.3 is 9.84 Å². The van der Waals surface area contributed by atoms with Crippen molar-refractivity contribution in [1.82, 2.24) is 20.4 Å². The summed E-state index contributed by atoms with van der Waals surface area (Å²) in [5.41, 5.74) is 1.73. The van der Waals surface area contributed by atoms with Crippen LogP contribution in [0.25, 0.3) is 11.4 Å². The molecule has 0 saturated carbocycles. The summed E-state index contributed by atoms with van der Waals surface area (Å²) in [6.45, 7) is 2.61. The maximum absolute atomic E-state index is 13.1. The predicted octanol–water partition coefficient (Wildman–Crippen LogP) is 5.44. The molecule has 1 aromatic heterocycles. The average molecular weight is 523 g/mol. The molecular formula is C24H25Cl2FN4O2S. The second kappa shape index (κ2) is 12.0. The fourth-order valence-corrected chi connectivity index (χ4v) is 5.27. The van der Waals surface area contributed by atoms with E-state index < -0.39 is 0 Å². The van der Waals surface area contributed by atoms with Crippen LogP contribution < -0.4 is 5.32 Å². The number of rotatable bonds is 9. The van der Waals surface area contributed by atoms with Gasteiger partial charge in [-0.15, -0.1) is 0 Å². The van der Waals surface area contributed by atoms with Crippen molar-refractivity contribution in [2.75, 3.05) is 25.4 Å². The Labute approximate surface area is 212 Å². The number of benzene rings is 2. The first-order valence-electron chi connectivity index (χ1n) is 11.1. The van der Waals surface area contributed by atoms with Crippen LogP contribution in [-0.2, 0) is 17.1 Å². The molecule has 1 fully saturated rings. The largest absolute Gasteiger partial charge is 0.355 e. The highest BCUT2D eigenvalue weighted by Crippen LogP contribution is 2.25. The Bertz CT molecular complexity index is 1110. The van der Waals surface area contributed by atoms with Gasteiger partial charge in [0.2, 0.25) is 17.6 Å². The number of thioether (sulfide) groups is 1. The van der Waals surface area contributed by atoms with Crippen molar-refractivity contribution in [3.05, 3.63) is 69.8 Å². The van der Waals surface area contributed by atoms with Crippen molar-refractivity contribution in [2.45, 2.75) is 25.1 Å². The Hall–Kier alpha value is -2.13. The van der Waals surface area contributed by atoms with Gasteiger partial charge in [0, 0.05) is 40.2 Å². The van der Waals surface area contributed by atoms with Gasteiger partial charge in [-0.1, -0.05) is 34.4 Å². The van der Waals surface area contributed by atoms with Crippen LogP contribution in [0, 0.1) is 11.7 Å². The Morgan fingerprint density at radius 1 is 1.24 bits per heavy atom. The third-order valence-electron chi connectivity index (χ3n) is 5.62. The number of hydrogen-bond donors (Lipinski definition) is 1. The lowest BCUT2D eigenvalue weighted by Crippen LogP contribution is -2.43. The van der Waals surface area contributed by atoms with E-state index in [9.17, 15) is 9.18 Å². The van der Waals surface area contributed by atoms with Crippen LogP contribution in [0.3, 0.4) is 0 Å². The van der Waals surface area contributed by atoms with Gasteiger partial charge in [-0.3, -0.25) is 9.69 Å². The van der Waals surface area contributed by atoms with Crippen LogP contribution in [0.5, 0.6) is 0 Å². The molecule has 3 aromatic rings. The SMILES string of the molecule is O=C(NCCSCc1ccc(Cl)cc1Cl)C1CCCN(Cc2nc(-c3ccc(F)cc3)no2)C1. The number of hydrogen-bond acceptors (Lipinski definition) is 6. The zero-order valence-corrected chi connectivity index (χ0v) is 20.8. The van der Waals surface area contributed by atoms with Gasteiger partial charge in [0.15, 0.2) is 0 Å². The molecule has 1 aliphatic rings. The molecule has 1 aliphatic heterocycles. The molecule has 1 N–H and O–H groups in total. The van der Waals surface area contributed by atoms with Crippen molar-refractivity contribution in [3.63, 3.8) is 0 Å². The van der Waals surface area contributed by atoms with E-state index in [-0.39, 0.29) is 17.6 Å². The van der Waals surface area contributed by atoms with Crippen molar-refractivity contribution in [2.24, 2.45) is 5.92 Å². The molecule has 1 amide bonds. The van der Waals surface area contributed by atoms with E-state index >= 15 is 0 Å². The Kier molecular flexibility index (Phi) is 8.83. The molecule has 0 spiro atoms. The van der Waals surface area contributed by atoms with Crippen molar-refractivity contribution in [1.29, 1.82) is 0 Å². The molecule has 6 nitrogen and oxygen atoms in total. The minimum Gasteiger partial charge on any atom is -0.355 e. The summed E-state index contributed by atoms with van der Waals surface area (Å²) < 4.78 is 18.5. The zero-order valence-electron chi connectivity index (χ0n) is 18.5. The van der Waals surface area contributed by atoms with Crippen LogP contribution >= 0.6 is 35.0 Å². The molecule has 0 bridgehead atoms. The van der Waals surface area contributed by atoms with Crippen LogP contribution in [0.2, 0.25) is 10.0 Å². The number of nitrogens with one attached hydrogen (secondary N) is 1. The monoisotopic (exact) mass is 522 g/mol. The fourth-order valence-electron chi connectivity index (χ4n) is 3.85. The van der Waals surface area contributed by atoms with Gasteiger partial charge in [-0.25, -0.2) is 4.39 Å². The topological polar surface area (TPSA) is 71.3 Å². The van der Waals surface area contributed by atoms with Crippen LogP contribution in [0.4, 0.5) is 4.39 Å². The van der Waals surface area contributed by atoms with Gasteiger partial charge in [0.1, 0.15) is 5.82 Å². The van der Waals surface area contributed by atoms with E-state index in [0.29, 0.717) is 47.0 Å². The summed E-state index contributed by atoms with van der Waals surface area (Å²) in [5, 5.41) is 8.34. The highest BCUT2D eigenvalue weighted by atomic mass is 35.5. The predicted molar refractivity (Wildman–Crippen MR) is 133 cm³/mol. The van der Waals surface area contributed by atoms with Gasteiger partial charge in [0.25, 0.3) is 0 Å². The summed E-state index contributed by atoms with van der Waals surface area (Å²) in [6, 6.07) is 11.5. The molecule has 34 heavy (non-hydrogen) atoms. The number of carbonyl (C=O) groups excluding carboxylic acids is 1. The van der Waals surface area contributed by atoms with Gasteiger partial charge in [0.05, 0.1) is 12.5 Å². The van der Waals surface area contributed by atoms with E-state index in [1.807, 2.05) is 12.1 Å². The average Bonchev–Trinajstić information content (AvgIpc) is 3.29. The third-order valence-corrected chi connectivity index (χ3v) is 7.22. The van der Waals surface area contributed by atoms with Crippen LogP contribution in [0.15, 0.2) is 47.0 Å². The molecule has 1 saturated heterocycles. The molecule has 10 heteroatoms. The van der Waals surface area contributed by atoms with Gasteiger partial charge in [-0.2, -0.15) is 16.7 Å². The summed E-state index contributed by atoms with van der Waals surface area (Å²) in [6.07, 6.45) is 1.79.